The highest BCUT2D eigenvalue weighted by Gasteiger charge is 2.57. The molecule has 0 aromatic heterocycles. The highest BCUT2D eigenvalue weighted by Crippen LogP contribution is 2.48. The maximum absolute atomic E-state index is 12.0. The van der Waals surface area contributed by atoms with E-state index in [1.807, 2.05) is 6.92 Å². The van der Waals surface area contributed by atoms with Crippen LogP contribution >= 0.6 is 0 Å². The molecule has 4 nitrogen and oxygen atoms in total. The fraction of sp³-hybridized carbons (Fsp3) is 0.846. The van der Waals surface area contributed by atoms with E-state index in [1.165, 1.54) is 7.11 Å². The molecule has 4 heteroatoms. The van der Waals surface area contributed by atoms with E-state index in [0.717, 1.165) is 6.42 Å². The largest absolute Gasteiger partial charge is 0.468 e. The molecule has 0 saturated carbocycles. The molecular weight excluding hydrogens is 220 g/mol. The lowest BCUT2D eigenvalue weighted by Crippen LogP contribution is -2.46. The topological polar surface area (TPSA) is 52.6 Å². The SMILES string of the molecule is COC(=O)[C@H]1C(=O)C[C@]2(C)C[C@@H](C(C)C)[C@H]1O2. The molecule has 2 aliphatic rings. The van der Waals surface area contributed by atoms with Gasteiger partial charge in [-0.3, -0.25) is 9.59 Å². The second kappa shape index (κ2) is 4.09. The molecule has 0 aliphatic carbocycles. The Hall–Kier alpha value is -0.900. The summed E-state index contributed by atoms with van der Waals surface area (Å²) in [6.07, 6.45) is 0.884. The third-order valence-electron chi connectivity index (χ3n) is 4.05. The first-order valence-electron chi connectivity index (χ1n) is 6.16. The van der Waals surface area contributed by atoms with Crippen LogP contribution in [0.4, 0.5) is 0 Å². The van der Waals surface area contributed by atoms with Crippen LogP contribution in [0.1, 0.15) is 33.6 Å². The van der Waals surface area contributed by atoms with Crippen LogP contribution in [0.3, 0.4) is 0 Å². The van der Waals surface area contributed by atoms with Gasteiger partial charge < -0.3 is 9.47 Å². The molecule has 2 fully saturated rings. The van der Waals surface area contributed by atoms with Gasteiger partial charge in [-0.25, -0.2) is 0 Å². The molecule has 17 heavy (non-hydrogen) atoms. The summed E-state index contributed by atoms with van der Waals surface area (Å²) in [6.45, 7) is 6.18. The monoisotopic (exact) mass is 240 g/mol. The Morgan fingerprint density at radius 3 is 2.71 bits per heavy atom. The molecule has 0 spiro atoms. The van der Waals surface area contributed by atoms with E-state index in [4.69, 9.17) is 9.47 Å². The highest BCUT2D eigenvalue weighted by atomic mass is 16.5. The zero-order chi connectivity index (χ0) is 12.8. The number of carbonyl (C=O) groups is 2. The fourth-order valence-electron chi connectivity index (χ4n) is 3.18. The molecule has 2 rings (SSSR count). The predicted octanol–water partition coefficient (Wildman–Crippen LogP) is 1.57. The zero-order valence-electron chi connectivity index (χ0n) is 10.9. The average molecular weight is 240 g/mol. The number of rotatable bonds is 2. The lowest BCUT2D eigenvalue weighted by Gasteiger charge is -2.33. The Morgan fingerprint density at radius 1 is 1.53 bits per heavy atom. The van der Waals surface area contributed by atoms with Crippen LogP contribution in [0, 0.1) is 17.8 Å². The standard InChI is InChI=1S/C13H20O4/c1-7(2)8-5-13(3)6-9(14)10(11(8)17-13)12(15)16-4/h7-8,10-11H,5-6H2,1-4H3/t8-,10-,11+,13-/m0/s1. The van der Waals surface area contributed by atoms with Crippen molar-refractivity contribution in [3.63, 3.8) is 0 Å². The van der Waals surface area contributed by atoms with Gasteiger partial charge in [-0.1, -0.05) is 13.8 Å². The van der Waals surface area contributed by atoms with E-state index in [9.17, 15) is 9.59 Å². The Bertz CT molecular complexity index is 349. The fourth-order valence-corrected chi connectivity index (χ4v) is 3.18. The van der Waals surface area contributed by atoms with E-state index in [0.29, 0.717) is 12.3 Å². The van der Waals surface area contributed by atoms with Crippen LogP contribution < -0.4 is 0 Å². The maximum atomic E-state index is 12.0. The minimum absolute atomic E-state index is 0.0289. The van der Waals surface area contributed by atoms with Crippen molar-refractivity contribution in [1.29, 1.82) is 0 Å². The third kappa shape index (κ3) is 1.99. The van der Waals surface area contributed by atoms with Gasteiger partial charge in [0.1, 0.15) is 5.92 Å². The average Bonchev–Trinajstić information content (AvgIpc) is 2.50. The number of hydrogen-bond acceptors (Lipinski definition) is 4. The lowest BCUT2D eigenvalue weighted by atomic mass is 9.83. The molecule has 2 bridgehead atoms. The number of methoxy groups -OCH3 is 1. The van der Waals surface area contributed by atoms with Crippen molar-refractivity contribution in [2.75, 3.05) is 7.11 Å². The Balaban J connectivity index is 2.30. The Kier molecular flexibility index (Phi) is 3.02. The predicted molar refractivity (Wildman–Crippen MR) is 61.4 cm³/mol. The molecule has 2 heterocycles. The minimum atomic E-state index is -0.719. The number of Topliss-reactive ketones (excluding diaryl/α,β-unsaturated/α-hetero) is 1. The van der Waals surface area contributed by atoms with Crippen LogP contribution in [-0.4, -0.2) is 30.6 Å². The van der Waals surface area contributed by atoms with E-state index in [-0.39, 0.29) is 23.4 Å². The molecule has 0 aromatic rings. The summed E-state index contributed by atoms with van der Waals surface area (Å²) in [5.74, 6) is -0.535. The summed E-state index contributed by atoms with van der Waals surface area (Å²) >= 11 is 0. The smallest absolute Gasteiger partial charge is 0.318 e. The van der Waals surface area contributed by atoms with Crippen LogP contribution in [-0.2, 0) is 19.1 Å². The van der Waals surface area contributed by atoms with Gasteiger partial charge in [-0.15, -0.1) is 0 Å². The summed E-state index contributed by atoms with van der Waals surface area (Å²) in [4.78, 5) is 23.8. The van der Waals surface area contributed by atoms with Gasteiger partial charge in [-0.05, 0) is 25.2 Å². The summed E-state index contributed by atoms with van der Waals surface area (Å²) in [5, 5.41) is 0. The number of esters is 1. The second-order valence-corrected chi connectivity index (χ2v) is 5.79. The van der Waals surface area contributed by atoms with Gasteiger partial charge in [0.15, 0.2) is 5.78 Å². The van der Waals surface area contributed by atoms with Crippen molar-refractivity contribution in [1.82, 2.24) is 0 Å². The first-order chi connectivity index (χ1) is 7.88. The van der Waals surface area contributed by atoms with Crippen LogP contribution in [0.2, 0.25) is 0 Å². The summed E-state index contributed by atoms with van der Waals surface area (Å²) in [5.41, 5.74) is -0.374. The van der Waals surface area contributed by atoms with E-state index in [1.54, 1.807) is 0 Å². The van der Waals surface area contributed by atoms with Gasteiger partial charge in [0, 0.05) is 6.42 Å². The van der Waals surface area contributed by atoms with Crippen LogP contribution in [0.25, 0.3) is 0 Å². The van der Waals surface area contributed by atoms with Crippen molar-refractivity contribution >= 4 is 11.8 Å². The molecule has 0 N–H and O–H groups in total. The summed E-state index contributed by atoms with van der Waals surface area (Å²) in [6, 6.07) is 0. The van der Waals surface area contributed by atoms with E-state index in [2.05, 4.69) is 13.8 Å². The van der Waals surface area contributed by atoms with Crippen LogP contribution in [0.15, 0.2) is 0 Å². The molecule has 0 unspecified atom stereocenters. The van der Waals surface area contributed by atoms with Gasteiger partial charge in [0.25, 0.3) is 0 Å². The van der Waals surface area contributed by atoms with E-state index >= 15 is 0 Å². The molecule has 4 atom stereocenters. The highest BCUT2D eigenvalue weighted by molar-refractivity contribution is 6.01. The lowest BCUT2D eigenvalue weighted by molar-refractivity contribution is -0.169. The molecule has 0 radical (unpaired) electrons. The third-order valence-corrected chi connectivity index (χ3v) is 4.05. The van der Waals surface area contributed by atoms with Crippen molar-refractivity contribution < 1.29 is 19.1 Å². The number of ketones is 1. The van der Waals surface area contributed by atoms with Gasteiger partial charge >= 0.3 is 5.97 Å². The number of carbonyl (C=O) groups excluding carboxylic acids is 2. The number of fused-ring (bicyclic) bond motifs is 2. The summed E-state index contributed by atoms with van der Waals surface area (Å²) in [7, 11) is 1.32. The zero-order valence-corrected chi connectivity index (χ0v) is 10.9. The Labute approximate surface area is 102 Å². The molecule has 0 aromatic carbocycles. The number of hydrogen-bond donors (Lipinski definition) is 0. The normalized spacial score (nSPS) is 40.8. The van der Waals surface area contributed by atoms with Crippen molar-refractivity contribution in [3.05, 3.63) is 0 Å². The Morgan fingerprint density at radius 2 is 2.18 bits per heavy atom. The minimum Gasteiger partial charge on any atom is -0.468 e. The van der Waals surface area contributed by atoms with Gasteiger partial charge in [0.05, 0.1) is 18.8 Å². The quantitative estimate of drug-likeness (QED) is 0.543. The molecular formula is C13H20O4. The maximum Gasteiger partial charge on any atom is 0.318 e. The summed E-state index contributed by atoms with van der Waals surface area (Å²) < 4.78 is 10.7. The first kappa shape index (κ1) is 12.6. The molecule has 0 amide bonds. The number of ether oxygens (including phenoxy) is 2. The van der Waals surface area contributed by atoms with E-state index < -0.39 is 11.9 Å². The van der Waals surface area contributed by atoms with Gasteiger partial charge in [-0.2, -0.15) is 0 Å². The van der Waals surface area contributed by atoms with Crippen molar-refractivity contribution in [2.24, 2.45) is 17.8 Å². The van der Waals surface area contributed by atoms with Crippen LogP contribution in [0.5, 0.6) is 0 Å². The second-order valence-electron chi connectivity index (χ2n) is 5.79. The molecule has 96 valence electrons. The van der Waals surface area contributed by atoms with Crippen molar-refractivity contribution in [2.45, 2.75) is 45.3 Å². The molecule has 2 aliphatic heterocycles. The molecule has 2 saturated heterocycles. The van der Waals surface area contributed by atoms with Gasteiger partial charge in [0.2, 0.25) is 0 Å². The van der Waals surface area contributed by atoms with Crippen molar-refractivity contribution in [3.8, 4) is 0 Å². The first-order valence-corrected chi connectivity index (χ1v) is 6.16.